The van der Waals surface area contributed by atoms with Crippen molar-refractivity contribution in [3.8, 4) is 0 Å². The molecule has 0 radical (unpaired) electrons. The fraction of sp³-hybridized carbons (Fsp3) is 0.429. The average molecular weight is 403 g/mol. The van der Waals surface area contributed by atoms with Crippen LogP contribution < -0.4 is 0 Å². The molecule has 2 nitrogen and oxygen atoms in total. The first-order valence-electron chi connectivity index (χ1n) is 11.1. The first-order valence-corrected chi connectivity index (χ1v) is 11.1. The number of hydrogen-bond donors (Lipinski definition) is 0. The van der Waals surface area contributed by atoms with Crippen LogP contribution in [-0.4, -0.2) is 11.6 Å². The summed E-state index contributed by atoms with van der Waals surface area (Å²) < 4.78 is 0. The summed E-state index contributed by atoms with van der Waals surface area (Å²) in [6.07, 6.45) is 0. The van der Waals surface area contributed by atoms with Crippen LogP contribution in [0.2, 0.25) is 0 Å². The average Bonchev–Trinajstić information content (AvgIpc) is 2.69. The van der Waals surface area contributed by atoms with E-state index in [2.05, 4.69) is 64.1 Å². The fourth-order valence-electron chi connectivity index (χ4n) is 3.97. The van der Waals surface area contributed by atoms with Gasteiger partial charge in [-0.25, -0.2) is 0 Å². The van der Waals surface area contributed by atoms with Gasteiger partial charge in [-0.05, 0) is 68.8 Å². The molecule has 0 saturated carbocycles. The van der Waals surface area contributed by atoms with Crippen molar-refractivity contribution < 1.29 is 9.59 Å². The summed E-state index contributed by atoms with van der Waals surface area (Å²) in [4.78, 5) is 26.1. The van der Waals surface area contributed by atoms with Crippen LogP contribution in [0.3, 0.4) is 0 Å². The maximum absolute atomic E-state index is 13.1. The fourth-order valence-corrected chi connectivity index (χ4v) is 3.97. The highest BCUT2D eigenvalue weighted by Crippen LogP contribution is 2.34. The molecule has 0 aliphatic carbocycles. The van der Waals surface area contributed by atoms with Gasteiger partial charge in [-0.1, -0.05) is 67.5 Å². The zero-order valence-electron chi connectivity index (χ0n) is 19.6. The molecule has 0 N–H and O–H groups in total. The summed E-state index contributed by atoms with van der Waals surface area (Å²) in [7, 11) is 0. The third kappa shape index (κ3) is 4.05. The second-order valence-corrected chi connectivity index (χ2v) is 9.78. The van der Waals surface area contributed by atoms with Crippen LogP contribution in [0.4, 0.5) is 0 Å². The van der Waals surface area contributed by atoms with Gasteiger partial charge in [-0.2, -0.15) is 0 Å². The number of Topliss-reactive ketones (excluding diaryl/α,β-unsaturated/α-hetero) is 2. The smallest absolute Gasteiger partial charge is 0.166 e. The van der Waals surface area contributed by atoms with Crippen molar-refractivity contribution in [1.29, 1.82) is 0 Å². The van der Waals surface area contributed by atoms with Crippen LogP contribution >= 0.6 is 0 Å². The number of benzene rings is 3. The molecule has 0 atom stereocenters. The Bertz CT molecular complexity index is 1040. The van der Waals surface area contributed by atoms with Gasteiger partial charge < -0.3 is 0 Å². The maximum atomic E-state index is 13.1. The van der Waals surface area contributed by atoms with Crippen molar-refractivity contribution in [2.75, 3.05) is 0 Å². The third-order valence-electron chi connectivity index (χ3n) is 5.98. The van der Waals surface area contributed by atoms with Crippen LogP contribution in [0.25, 0.3) is 21.5 Å². The summed E-state index contributed by atoms with van der Waals surface area (Å²) >= 11 is 0. The molecule has 0 amide bonds. The lowest BCUT2D eigenvalue weighted by molar-refractivity contribution is 0.0933. The van der Waals surface area contributed by atoms with Crippen LogP contribution in [0, 0.1) is 11.8 Å². The molecule has 3 aromatic rings. The van der Waals surface area contributed by atoms with E-state index in [0.29, 0.717) is 11.8 Å². The number of fused-ring (bicyclic) bond motifs is 2. The van der Waals surface area contributed by atoms with Gasteiger partial charge in [0, 0.05) is 23.0 Å². The molecular formula is C28H34O2. The standard InChI is InChI=1S/C28H34O2/c1-15(2)19-9-21-13-24-22(14-23(21)25(11-19)27(29)17(5)6)10-20(16(3)4)12-26(24)28(30)18(7)8/h9-18H,1-8H3. The Hall–Kier alpha value is -2.48. The minimum absolute atomic E-state index is 0.0635. The van der Waals surface area contributed by atoms with Crippen molar-refractivity contribution in [3.63, 3.8) is 0 Å². The van der Waals surface area contributed by atoms with Gasteiger partial charge in [0.1, 0.15) is 0 Å². The van der Waals surface area contributed by atoms with E-state index in [0.717, 1.165) is 43.8 Å². The normalized spacial score (nSPS) is 12.1. The monoisotopic (exact) mass is 402 g/mol. The summed E-state index contributed by atoms with van der Waals surface area (Å²) in [6, 6.07) is 12.7. The van der Waals surface area contributed by atoms with E-state index in [1.54, 1.807) is 0 Å². The molecular weight excluding hydrogens is 368 g/mol. The Morgan fingerprint density at radius 3 is 1.13 bits per heavy atom. The van der Waals surface area contributed by atoms with Crippen molar-refractivity contribution in [2.45, 2.75) is 67.2 Å². The molecule has 0 unspecified atom stereocenters. The van der Waals surface area contributed by atoms with E-state index in [9.17, 15) is 9.59 Å². The molecule has 30 heavy (non-hydrogen) atoms. The molecule has 2 heteroatoms. The first kappa shape index (κ1) is 22.2. The van der Waals surface area contributed by atoms with Crippen LogP contribution in [0.1, 0.15) is 99.1 Å². The Balaban J connectivity index is 2.45. The molecule has 0 heterocycles. The minimum Gasteiger partial charge on any atom is -0.294 e. The Morgan fingerprint density at radius 1 is 0.533 bits per heavy atom. The van der Waals surface area contributed by atoms with E-state index >= 15 is 0 Å². The molecule has 3 aromatic carbocycles. The SMILES string of the molecule is CC(C)C(=O)c1cc(C(C)C)cc2cc3c(C(=O)C(C)C)cc(C(C)C)cc3cc12. The lowest BCUT2D eigenvalue weighted by atomic mass is 9.86. The molecule has 0 aliphatic rings. The number of carbonyl (C=O) groups is 2. The van der Waals surface area contributed by atoms with Crippen molar-refractivity contribution >= 4 is 33.1 Å². The van der Waals surface area contributed by atoms with Gasteiger partial charge in [0.05, 0.1) is 0 Å². The van der Waals surface area contributed by atoms with Crippen molar-refractivity contribution in [1.82, 2.24) is 0 Å². The Kier molecular flexibility index (Phi) is 6.17. The molecule has 0 aromatic heterocycles. The van der Waals surface area contributed by atoms with E-state index in [4.69, 9.17) is 0 Å². The van der Waals surface area contributed by atoms with Crippen LogP contribution in [-0.2, 0) is 0 Å². The number of hydrogen-bond acceptors (Lipinski definition) is 2. The molecule has 0 spiro atoms. The van der Waals surface area contributed by atoms with E-state index in [1.165, 1.54) is 0 Å². The second-order valence-electron chi connectivity index (χ2n) is 9.78. The van der Waals surface area contributed by atoms with Gasteiger partial charge in [-0.15, -0.1) is 0 Å². The van der Waals surface area contributed by atoms with Gasteiger partial charge in [0.2, 0.25) is 0 Å². The lowest BCUT2D eigenvalue weighted by Gasteiger charge is -2.17. The lowest BCUT2D eigenvalue weighted by Crippen LogP contribution is -2.10. The quantitative estimate of drug-likeness (QED) is 0.310. The molecule has 3 rings (SSSR count). The van der Waals surface area contributed by atoms with Crippen LogP contribution in [0.5, 0.6) is 0 Å². The van der Waals surface area contributed by atoms with Crippen molar-refractivity contribution in [2.24, 2.45) is 11.8 Å². The van der Waals surface area contributed by atoms with Gasteiger partial charge in [-0.3, -0.25) is 9.59 Å². The maximum Gasteiger partial charge on any atom is 0.166 e. The molecule has 0 aliphatic heterocycles. The predicted octanol–water partition coefficient (Wildman–Crippen LogP) is 7.92. The highest BCUT2D eigenvalue weighted by Gasteiger charge is 2.20. The van der Waals surface area contributed by atoms with Gasteiger partial charge >= 0.3 is 0 Å². The largest absolute Gasteiger partial charge is 0.294 e. The highest BCUT2D eigenvalue weighted by molar-refractivity contribution is 6.16. The zero-order valence-corrected chi connectivity index (χ0v) is 19.6. The molecule has 158 valence electrons. The Morgan fingerprint density at radius 2 is 0.867 bits per heavy atom. The van der Waals surface area contributed by atoms with E-state index < -0.39 is 0 Å². The number of ketones is 2. The van der Waals surface area contributed by atoms with Crippen LogP contribution in [0.15, 0.2) is 36.4 Å². The number of carbonyl (C=O) groups excluding carboxylic acids is 2. The highest BCUT2D eigenvalue weighted by atomic mass is 16.1. The minimum atomic E-state index is -0.0635. The van der Waals surface area contributed by atoms with Crippen molar-refractivity contribution in [3.05, 3.63) is 58.7 Å². The molecule has 0 bridgehead atoms. The topological polar surface area (TPSA) is 34.1 Å². The molecule has 0 fully saturated rings. The molecule has 0 saturated heterocycles. The summed E-state index contributed by atoms with van der Waals surface area (Å²) in [5, 5.41) is 4.03. The summed E-state index contributed by atoms with van der Waals surface area (Å²) in [5.41, 5.74) is 3.89. The summed E-state index contributed by atoms with van der Waals surface area (Å²) in [5.74, 6) is 0.853. The van der Waals surface area contributed by atoms with Gasteiger partial charge in [0.25, 0.3) is 0 Å². The number of rotatable bonds is 6. The van der Waals surface area contributed by atoms with E-state index in [-0.39, 0.29) is 23.4 Å². The van der Waals surface area contributed by atoms with Gasteiger partial charge in [0.15, 0.2) is 11.6 Å². The summed E-state index contributed by atoms with van der Waals surface area (Å²) in [6.45, 7) is 16.4. The van der Waals surface area contributed by atoms with E-state index in [1.807, 2.05) is 27.7 Å². The third-order valence-corrected chi connectivity index (χ3v) is 5.98. The first-order chi connectivity index (χ1) is 14.0. The Labute approximate surface area is 180 Å². The predicted molar refractivity (Wildman–Crippen MR) is 128 cm³/mol. The zero-order chi connectivity index (χ0) is 22.3. The second kappa shape index (κ2) is 8.34.